The summed E-state index contributed by atoms with van der Waals surface area (Å²) in [6, 6.07) is 11.2. The third kappa shape index (κ3) is 5.47. The zero-order valence-electron chi connectivity index (χ0n) is 24.5. The summed E-state index contributed by atoms with van der Waals surface area (Å²) >= 11 is 6.76. The fraction of sp³-hybridized carbons (Fsp3) is 0.312. The molecule has 1 aromatic heterocycles. The van der Waals surface area contributed by atoms with Gasteiger partial charge in [-0.15, -0.1) is 0 Å². The van der Waals surface area contributed by atoms with Crippen molar-refractivity contribution >= 4 is 52.2 Å². The number of carbonyl (C=O) groups excluding carboxylic acids is 3. The molecule has 0 aliphatic carbocycles. The topological polar surface area (TPSA) is 86.3 Å². The lowest BCUT2D eigenvalue weighted by Gasteiger charge is -2.39. The van der Waals surface area contributed by atoms with E-state index in [1.165, 1.54) is 17.9 Å². The van der Waals surface area contributed by atoms with E-state index in [1.807, 2.05) is 17.0 Å². The summed E-state index contributed by atoms with van der Waals surface area (Å²) in [7, 11) is 1.55. The Bertz CT molecular complexity index is 1730. The van der Waals surface area contributed by atoms with Gasteiger partial charge in [0.05, 0.1) is 34.2 Å². The van der Waals surface area contributed by atoms with Crippen LogP contribution in [0.3, 0.4) is 0 Å². The Balaban J connectivity index is 1.42. The number of benzene rings is 2. The highest BCUT2D eigenvalue weighted by atomic mass is 35.5. The summed E-state index contributed by atoms with van der Waals surface area (Å²) in [5.41, 5.74) is 1.56. The molecule has 0 saturated carbocycles. The number of likely N-dealkylation sites (N-methyl/N-ethyl adjacent to an activating group) is 1. The molecule has 13 heteroatoms. The molecule has 45 heavy (non-hydrogen) atoms. The number of hydrogen-bond acceptors (Lipinski definition) is 6. The van der Waals surface area contributed by atoms with Crippen molar-refractivity contribution in [2.75, 3.05) is 46.3 Å². The van der Waals surface area contributed by atoms with E-state index in [-0.39, 0.29) is 36.9 Å². The zero-order chi connectivity index (χ0) is 32.2. The molecule has 0 unspecified atom stereocenters. The number of fused-ring (bicyclic) bond motifs is 3. The summed E-state index contributed by atoms with van der Waals surface area (Å²) in [6.07, 6.45) is -3.51. The van der Waals surface area contributed by atoms with Gasteiger partial charge >= 0.3 is 6.18 Å². The first kappa shape index (κ1) is 30.4. The van der Waals surface area contributed by atoms with Crippen LogP contribution in [0.4, 0.5) is 36.1 Å². The number of pyridine rings is 1. The second kappa shape index (κ2) is 11.4. The van der Waals surface area contributed by atoms with Crippen molar-refractivity contribution in [2.24, 2.45) is 5.92 Å². The van der Waals surface area contributed by atoms with Gasteiger partial charge in [0.1, 0.15) is 24.2 Å². The highest BCUT2D eigenvalue weighted by Crippen LogP contribution is 2.44. The molecule has 3 aromatic rings. The fourth-order valence-electron chi connectivity index (χ4n) is 6.33. The van der Waals surface area contributed by atoms with E-state index < -0.39 is 35.5 Å². The van der Waals surface area contributed by atoms with Crippen LogP contribution in [0.5, 0.6) is 5.75 Å². The minimum Gasteiger partial charge on any atom is -0.490 e. The van der Waals surface area contributed by atoms with Crippen molar-refractivity contribution in [3.05, 3.63) is 83.0 Å². The molecule has 0 spiro atoms. The lowest BCUT2D eigenvalue weighted by molar-refractivity contribution is -0.137. The van der Waals surface area contributed by atoms with Crippen molar-refractivity contribution in [1.29, 1.82) is 0 Å². The molecular weight excluding hydrogens is 611 g/mol. The third-order valence-corrected chi connectivity index (χ3v) is 8.63. The second-order valence-electron chi connectivity index (χ2n) is 11.3. The van der Waals surface area contributed by atoms with Crippen LogP contribution >= 0.6 is 11.6 Å². The largest absolute Gasteiger partial charge is 0.490 e. The Hall–Kier alpha value is -4.58. The number of halogens is 4. The van der Waals surface area contributed by atoms with Gasteiger partial charge in [-0.05, 0) is 55.0 Å². The average molecular weight is 640 g/mol. The van der Waals surface area contributed by atoms with Crippen LogP contribution < -0.4 is 24.3 Å². The van der Waals surface area contributed by atoms with Gasteiger partial charge in [-0.3, -0.25) is 19.3 Å². The quantitative estimate of drug-likeness (QED) is 0.357. The number of aromatic nitrogens is 1. The van der Waals surface area contributed by atoms with E-state index in [9.17, 15) is 27.6 Å². The Morgan fingerprint density at radius 1 is 1.16 bits per heavy atom. The number of hydrogen-bond donors (Lipinski definition) is 0. The van der Waals surface area contributed by atoms with Crippen LogP contribution in [0.2, 0.25) is 5.02 Å². The van der Waals surface area contributed by atoms with Crippen molar-refractivity contribution in [3.63, 3.8) is 0 Å². The second-order valence-corrected chi connectivity index (χ2v) is 11.7. The molecule has 3 amide bonds. The number of para-hydroxylation sites is 1. The number of aryl methyl sites for hydroxylation is 1. The van der Waals surface area contributed by atoms with Crippen molar-refractivity contribution in [3.8, 4) is 5.75 Å². The summed E-state index contributed by atoms with van der Waals surface area (Å²) < 4.78 is 46.9. The van der Waals surface area contributed by atoms with Crippen molar-refractivity contribution in [2.45, 2.75) is 32.1 Å². The maximum Gasteiger partial charge on any atom is 0.416 e. The van der Waals surface area contributed by atoms with E-state index in [0.717, 1.165) is 22.6 Å². The van der Waals surface area contributed by atoms with E-state index in [1.54, 1.807) is 36.2 Å². The Morgan fingerprint density at radius 3 is 2.67 bits per heavy atom. The molecule has 3 aliphatic heterocycles. The van der Waals surface area contributed by atoms with E-state index >= 15 is 0 Å². The molecule has 1 saturated heterocycles. The normalized spacial score (nSPS) is 19.8. The van der Waals surface area contributed by atoms with Crippen LogP contribution in [-0.2, 0) is 27.1 Å². The first-order valence-electron chi connectivity index (χ1n) is 14.3. The van der Waals surface area contributed by atoms with Gasteiger partial charge in [0.2, 0.25) is 11.8 Å². The molecule has 9 nitrogen and oxygen atoms in total. The number of carbonyl (C=O) groups is 3. The minimum absolute atomic E-state index is 0.0712. The van der Waals surface area contributed by atoms with Gasteiger partial charge in [0.25, 0.3) is 5.91 Å². The van der Waals surface area contributed by atoms with Gasteiger partial charge < -0.3 is 19.4 Å². The van der Waals surface area contributed by atoms with Gasteiger partial charge in [-0.2, -0.15) is 13.2 Å². The maximum absolute atomic E-state index is 14.1. The van der Waals surface area contributed by atoms with Crippen LogP contribution in [0, 0.1) is 12.8 Å². The fourth-order valence-corrected chi connectivity index (χ4v) is 6.62. The van der Waals surface area contributed by atoms with Gasteiger partial charge in [-0.1, -0.05) is 30.3 Å². The molecule has 2 atom stereocenters. The summed E-state index contributed by atoms with van der Waals surface area (Å²) in [4.78, 5) is 50.4. The number of ether oxygens (including phenoxy) is 1. The van der Waals surface area contributed by atoms with Crippen molar-refractivity contribution < 1.29 is 32.3 Å². The molecule has 0 bridgehead atoms. The predicted molar refractivity (Wildman–Crippen MR) is 164 cm³/mol. The Labute approximate surface area is 262 Å². The van der Waals surface area contributed by atoms with Crippen LogP contribution in [0.15, 0.2) is 61.2 Å². The summed E-state index contributed by atoms with van der Waals surface area (Å²) in [5.74, 6) is -1.50. The van der Waals surface area contributed by atoms with Crippen molar-refractivity contribution in [1.82, 2.24) is 4.98 Å². The van der Waals surface area contributed by atoms with Gasteiger partial charge in [-0.25, -0.2) is 4.98 Å². The lowest BCUT2D eigenvalue weighted by atomic mass is 9.95. The Morgan fingerprint density at radius 2 is 1.93 bits per heavy atom. The van der Waals surface area contributed by atoms with Gasteiger partial charge in [0, 0.05) is 38.2 Å². The average Bonchev–Trinajstić information content (AvgIpc) is 3.32. The zero-order valence-corrected chi connectivity index (χ0v) is 25.2. The summed E-state index contributed by atoms with van der Waals surface area (Å²) in [5, 5.41) is 0.381. The first-order valence-corrected chi connectivity index (χ1v) is 14.6. The number of rotatable bonds is 4. The Kier molecular flexibility index (Phi) is 7.72. The SMILES string of the molecule is C=CC(=O)N1CCOc2ccc(CN3C[C@H]4CC(=O)N(c5cc(C(F)(F)F)cc(C)n5)[C@@H]4C(=O)N(C)c4cccc(Cl)c43)cc21. The molecular formula is C32H29ClF3N5O4. The molecule has 4 heterocycles. The number of nitrogens with zero attached hydrogens (tertiary/aromatic N) is 5. The predicted octanol–water partition coefficient (Wildman–Crippen LogP) is 5.38. The standard InChI is InChI=1S/C32H29ClF3N5O4/c1-4-27(42)40-10-11-45-25-9-8-19(13-24(25)40)16-39-17-20-14-28(43)41(26-15-21(32(34,35)36)12-18(2)37-26)29(20)31(44)38(3)23-7-5-6-22(33)30(23)39/h4-9,12-13,15,20,29H,1,10-11,14,16-17H2,2-3H3/t20-,29+/m1/s1. The number of amides is 3. The maximum atomic E-state index is 14.1. The van der Waals surface area contributed by atoms with E-state index in [0.29, 0.717) is 41.0 Å². The molecule has 0 radical (unpaired) electrons. The van der Waals surface area contributed by atoms with Crippen LogP contribution in [0.1, 0.15) is 23.2 Å². The molecule has 2 aromatic carbocycles. The first-order chi connectivity index (χ1) is 21.4. The highest BCUT2D eigenvalue weighted by Gasteiger charge is 2.49. The molecule has 1 fully saturated rings. The number of anilines is 4. The number of alkyl halides is 3. The van der Waals surface area contributed by atoms with E-state index in [2.05, 4.69) is 11.6 Å². The molecule has 234 valence electrons. The monoisotopic (exact) mass is 639 g/mol. The highest BCUT2D eigenvalue weighted by molar-refractivity contribution is 6.34. The van der Waals surface area contributed by atoms with E-state index in [4.69, 9.17) is 16.3 Å². The van der Waals surface area contributed by atoms with Crippen LogP contribution in [-0.4, -0.2) is 55.5 Å². The molecule has 6 rings (SSSR count). The molecule has 3 aliphatic rings. The smallest absolute Gasteiger partial charge is 0.416 e. The third-order valence-electron chi connectivity index (χ3n) is 8.33. The minimum atomic E-state index is -4.66. The molecule has 0 N–H and O–H groups in total. The lowest BCUT2D eigenvalue weighted by Crippen LogP contribution is -2.52. The van der Waals surface area contributed by atoms with Gasteiger partial charge in [0.15, 0.2) is 0 Å². The summed E-state index contributed by atoms with van der Waals surface area (Å²) in [6.45, 7) is 6.18. The van der Waals surface area contributed by atoms with Crippen LogP contribution in [0.25, 0.3) is 0 Å².